The average Bonchev–Trinajstić information content (AvgIpc) is 1.61. The Labute approximate surface area is 757 Å². The van der Waals surface area contributed by atoms with Crippen LogP contribution in [0.25, 0.3) is 16.5 Å². The standard InChI is InChI=1S/C86H128N20O25/c1-8-53-54-41-52(108)23-24-58(54)96-73-55-42-57-56(75(116)74(55)101-72(53)73)46-130-85(126)86(57,9-2)131-70(115)22-11-13-32-105-45-51(103-104-105)18-14-21-66(110)91-30-16-34-127-36-38-129-39-37-128-35-17-31-92-67(111)26-27-68(112)95-63(44-88)81(122)97-59(19-10-12-29-87)78(119)94-49(6)84(125)106-33-15-20-64(106)82(123)98-60(25-28-69(113)114)79(120)102-71(50(7)107)83(124)93-48(5)77(118)100-62(40-47(3)4)80(121)99-61(76(90)117)43-65(89)109/h23-24,41-42,45,47-50,59-64,71,74,101,107-108H,8-22,25-40,43-44,46,87-88H2,1-7H3,(H2,89,109)(H2,90,117)(H,91,110)(H,92,111)(H,93,124)(H,94,119)(H,95,112)(H,97,122)(H,98,123)(H,99,121)(H,100,118)(H,102,120)(H,113,114)/t48?,49?,50?,59?,60?,61?,62?,63?,64?,71?,74?,86-/m0/s1. The second-order valence-corrected chi connectivity index (χ2v) is 33.0. The van der Waals surface area contributed by atoms with E-state index in [9.17, 15) is 96.8 Å². The number of primary amides is 2. The first-order chi connectivity index (χ1) is 62.4. The van der Waals surface area contributed by atoms with Crippen LogP contribution < -0.4 is 81.4 Å². The number of aliphatic hydroxyl groups is 1. The predicted octanol–water partition coefficient (Wildman–Crippen LogP) is -2.91. The maximum atomic E-state index is 14.1. The molecule has 11 unspecified atom stereocenters. The highest BCUT2D eigenvalue weighted by Crippen LogP contribution is 2.48. The Morgan fingerprint density at radius 3 is 1.92 bits per heavy atom. The Hall–Kier alpha value is -12.2. The molecule has 13 amide bonds. The molecule has 7 rings (SSSR count). The molecule has 4 aliphatic rings. The van der Waals surface area contributed by atoms with Gasteiger partial charge in [0.25, 0.3) is 0 Å². The summed E-state index contributed by atoms with van der Waals surface area (Å²) in [5.74, 6) is -13.9. The molecule has 2 aromatic heterocycles. The van der Waals surface area contributed by atoms with E-state index >= 15 is 0 Å². The van der Waals surface area contributed by atoms with E-state index in [1.54, 1.807) is 55.9 Å². The lowest BCUT2D eigenvalue weighted by Gasteiger charge is -2.38. The highest BCUT2D eigenvalue weighted by molar-refractivity contribution is 6.18. The van der Waals surface area contributed by atoms with Gasteiger partial charge in [-0.05, 0) is 159 Å². The van der Waals surface area contributed by atoms with E-state index in [4.69, 9.17) is 51.6 Å². The number of phenols is 1. The lowest BCUT2D eigenvalue weighted by Crippen LogP contribution is -2.61. The molecule has 722 valence electrons. The number of carbonyl (C=O) groups excluding carboxylic acids is 16. The molecule has 1 aliphatic carbocycles. The summed E-state index contributed by atoms with van der Waals surface area (Å²) >= 11 is 0. The second-order valence-electron chi connectivity index (χ2n) is 33.0. The van der Waals surface area contributed by atoms with Crippen LogP contribution in [-0.2, 0) is 125 Å². The molecular formula is C86H128N20O25. The summed E-state index contributed by atoms with van der Waals surface area (Å²) in [7, 11) is 0. The van der Waals surface area contributed by atoms with Crippen molar-refractivity contribution in [1.82, 2.24) is 78.0 Å². The smallest absolute Gasteiger partial charge is 0.355 e. The van der Waals surface area contributed by atoms with E-state index < -0.39 is 187 Å². The zero-order valence-electron chi connectivity index (χ0n) is 75.2. The Morgan fingerprint density at radius 2 is 1.29 bits per heavy atom. The van der Waals surface area contributed by atoms with E-state index in [-0.39, 0.29) is 126 Å². The number of nitrogens with one attached hydrogen (secondary N) is 11. The van der Waals surface area contributed by atoms with Crippen LogP contribution in [0, 0.1) is 5.92 Å². The number of amides is 13. The van der Waals surface area contributed by atoms with E-state index in [0.29, 0.717) is 131 Å². The number of rotatable bonds is 59. The van der Waals surface area contributed by atoms with Gasteiger partial charge in [0.1, 0.15) is 72.8 Å². The number of nitrogens with zero attached hydrogens (tertiary/aromatic N) is 5. The number of Topliss-reactive ketones (excluding diaryl/α,β-unsaturated/α-hetero) is 1. The topological polar surface area (TPSA) is 680 Å². The summed E-state index contributed by atoms with van der Waals surface area (Å²) in [6, 6.07) is -8.93. The molecule has 0 spiro atoms. The molecule has 22 N–H and O–H groups in total. The summed E-state index contributed by atoms with van der Waals surface area (Å²) < 4.78 is 30.0. The number of phenolic OH excluding ortho intramolecular Hbond substituents is 1. The van der Waals surface area contributed by atoms with Gasteiger partial charge >= 0.3 is 17.9 Å². The van der Waals surface area contributed by atoms with Crippen LogP contribution in [0.15, 0.2) is 41.6 Å². The summed E-state index contributed by atoms with van der Waals surface area (Å²) in [4.78, 5) is 231. The molecule has 0 saturated carbocycles. The molecule has 5 heterocycles. The Balaban J connectivity index is 0.714. The minimum atomic E-state index is -1.83. The SMILES string of the molecule is CCc1c2c(nc3ccc(O)cc13)C1=CC3=C(COC(=O)[C@@]3(CC)OC(=O)CCCCn3cc(CCCC(=O)NCCCOCCOCCOCCCNC(=O)CCC(=O)NC(CN)C(=O)NC(CCCCN)C(=O)NC(C)C(=O)N4CCCC4C(=O)NC(CCC(=O)O)C(=O)NC(C(=O)NC(C)C(=O)NC(CC(C)C)C(=O)NC(CC(N)=O)C(N)=O)C(C)O)nn3)C(=O)C1N2. The molecule has 0 bridgehead atoms. The number of benzene rings is 1. The molecule has 45 nitrogen and oxygen atoms in total. The summed E-state index contributed by atoms with van der Waals surface area (Å²) in [5.41, 5.74) is 24.8. The fraction of sp³-hybridized carbons (Fsp3) is 0.628. The van der Waals surface area contributed by atoms with Gasteiger partial charge < -0.3 is 125 Å². The minimum absolute atomic E-state index is 0.00681. The van der Waals surface area contributed by atoms with Crippen LogP contribution in [0.5, 0.6) is 5.75 Å². The number of cyclic esters (lactones) is 1. The van der Waals surface area contributed by atoms with Crippen molar-refractivity contribution in [1.29, 1.82) is 0 Å². The minimum Gasteiger partial charge on any atom is -0.508 e. The third-order valence-electron chi connectivity index (χ3n) is 22.3. The van der Waals surface area contributed by atoms with Crippen LogP contribution in [0.2, 0.25) is 0 Å². The number of aliphatic carboxylic acids is 1. The first-order valence-corrected chi connectivity index (χ1v) is 44.5. The van der Waals surface area contributed by atoms with Gasteiger partial charge in [-0.25, -0.2) is 9.78 Å². The zero-order valence-corrected chi connectivity index (χ0v) is 75.2. The zero-order chi connectivity index (χ0) is 96.2. The van der Waals surface area contributed by atoms with Crippen molar-refractivity contribution in [3.05, 3.63) is 58.6 Å². The van der Waals surface area contributed by atoms with Gasteiger partial charge in [-0.3, -0.25) is 81.4 Å². The lowest BCUT2D eigenvalue weighted by atomic mass is 9.77. The predicted molar refractivity (Wildman–Crippen MR) is 469 cm³/mol. The summed E-state index contributed by atoms with van der Waals surface area (Å²) in [5, 5.41) is 68.0. The number of carbonyl (C=O) groups is 17. The van der Waals surface area contributed by atoms with Gasteiger partial charge in [-0.1, -0.05) is 32.9 Å². The molecular weight excluding hydrogens is 1710 g/mol. The Morgan fingerprint density at radius 1 is 0.664 bits per heavy atom. The average molecular weight is 1840 g/mol. The van der Waals surface area contributed by atoms with Crippen molar-refractivity contribution in [2.45, 2.75) is 262 Å². The van der Waals surface area contributed by atoms with E-state index in [1.807, 2.05) is 6.92 Å². The number of hydrogen-bond acceptors (Lipinski definition) is 30. The summed E-state index contributed by atoms with van der Waals surface area (Å²) in [6.07, 6.45) is 4.45. The molecule has 3 aliphatic heterocycles. The highest BCUT2D eigenvalue weighted by atomic mass is 16.6. The van der Waals surface area contributed by atoms with E-state index in [2.05, 4.69) is 68.8 Å². The Bertz CT molecular complexity index is 4630. The number of carboxylic acid groups (broad SMARTS) is 1. The van der Waals surface area contributed by atoms with Gasteiger partial charge in [0, 0.05) is 106 Å². The third kappa shape index (κ3) is 31.8. The number of esters is 2. The van der Waals surface area contributed by atoms with Crippen LogP contribution in [-0.4, -0.2) is 292 Å². The number of aromatic nitrogens is 4. The number of pyridine rings is 1. The summed E-state index contributed by atoms with van der Waals surface area (Å²) in [6.45, 7) is 13.3. The van der Waals surface area contributed by atoms with Gasteiger partial charge in [-0.15, -0.1) is 5.10 Å². The van der Waals surface area contributed by atoms with Gasteiger partial charge in [0.15, 0.2) is 5.78 Å². The number of ketones is 1. The van der Waals surface area contributed by atoms with Crippen molar-refractivity contribution in [2.24, 2.45) is 28.9 Å². The number of hydrogen-bond donors (Lipinski definition) is 18. The fourth-order valence-corrected chi connectivity index (χ4v) is 15.2. The molecule has 45 heteroatoms. The number of carboxylic acids is 1. The molecule has 0 radical (unpaired) electrons. The van der Waals surface area contributed by atoms with Crippen molar-refractivity contribution in [3.63, 3.8) is 0 Å². The third-order valence-corrected chi connectivity index (χ3v) is 22.3. The van der Waals surface area contributed by atoms with E-state index in [1.165, 1.54) is 13.8 Å². The number of ether oxygens (including phenoxy) is 5. The Kier molecular flexibility index (Phi) is 42.5. The molecule has 1 saturated heterocycles. The first kappa shape index (κ1) is 106. The van der Waals surface area contributed by atoms with Crippen molar-refractivity contribution in [2.75, 3.05) is 84.3 Å². The number of anilines is 1. The number of unbranched alkanes of at least 4 members (excludes halogenated alkanes) is 2. The van der Waals surface area contributed by atoms with Crippen molar-refractivity contribution in [3.8, 4) is 5.75 Å². The van der Waals surface area contributed by atoms with Crippen LogP contribution >= 0.6 is 0 Å². The normalized spacial score (nSPS) is 17.6. The number of likely N-dealkylation sites (tertiary alicyclic amines) is 1. The molecule has 1 fully saturated rings. The number of aliphatic hydroxyl groups excluding tert-OH is 1. The quantitative estimate of drug-likeness (QED) is 0.0199. The lowest BCUT2D eigenvalue weighted by molar-refractivity contribution is -0.180. The number of aromatic hydroxyl groups is 1. The molecule has 131 heavy (non-hydrogen) atoms. The number of fused-ring (bicyclic) bond motifs is 4. The molecule has 1 aromatic carbocycles. The fourth-order valence-electron chi connectivity index (χ4n) is 15.2. The van der Waals surface area contributed by atoms with Crippen LogP contribution in [0.4, 0.5) is 5.69 Å². The highest BCUT2D eigenvalue weighted by Gasteiger charge is 2.54. The number of nitrogens with two attached hydrogens (primary N) is 4. The van der Waals surface area contributed by atoms with Crippen molar-refractivity contribution < 1.29 is 121 Å². The van der Waals surface area contributed by atoms with Crippen LogP contribution in [0.3, 0.4) is 0 Å². The monoisotopic (exact) mass is 1840 g/mol. The number of aryl methyl sites for hydroxylation is 3. The largest absolute Gasteiger partial charge is 0.508 e. The van der Waals surface area contributed by atoms with Crippen molar-refractivity contribution >= 4 is 123 Å². The maximum Gasteiger partial charge on any atom is 0.355 e. The molecule has 12 atom stereocenters. The van der Waals surface area contributed by atoms with Gasteiger partial charge in [0.2, 0.25) is 82.4 Å². The maximum absolute atomic E-state index is 14.1. The van der Waals surface area contributed by atoms with Gasteiger partial charge in [0.05, 0.1) is 61.5 Å². The van der Waals surface area contributed by atoms with Gasteiger partial charge in [-0.2, -0.15) is 0 Å². The van der Waals surface area contributed by atoms with Crippen LogP contribution in [0.1, 0.15) is 187 Å². The first-order valence-electron chi connectivity index (χ1n) is 44.5. The molecule has 3 aromatic rings. The van der Waals surface area contributed by atoms with E-state index in [0.717, 1.165) is 22.8 Å². The second kappa shape index (κ2) is 52.6.